The van der Waals surface area contributed by atoms with Crippen LogP contribution in [0.4, 0.5) is 5.82 Å². The van der Waals surface area contributed by atoms with Crippen molar-refractivity contribution in [2.75, 3.05) is 25.1 Å². The normalized spacial score (nSPS) is 14.8. The van der Waals surface area contributed by atoms with Gasteiger partial charge >= 0.3 is 0 Å². The van der Waals surface area contributed by atoms with Gasteiger partial charge < -0.3 is 9.64 Å². The minimum atomic E-state index is 0.867. The first-order valence-electron chi connectivity index (χ1n) is 8.50. The highest BCUT2D eigenvalue weighted by molar-refractivity contribution is 6.02. The number of fused-ring (bicyclic) bond motifs is 1. The van der Waals surface area contributed by atoms with E-state index in [1.807, 2.05) is 12.1 Å². The predicted molar refractivity (Wildman–Crippen MR) is 97.6 cm³/mol. The second kappa shape index (κ2) is 6.48. The Labute approximate surface area is 142 Å². The van der Waals surface area contributed by atoms with Crippen LogP contribution >= 0.6 is 0 Å². The van der Waals surface area contributed by atoms with Gasteiger partial charge in [-0.1, -0.05) is 24.3 Å². The van der Waals surface area contributed by atoms with E-state index in [0.717, 1.165) is 41.1 Å². The molecule has 1 aliphatic rings. The van der Waals surface area contributed by atoms with E-state index in [2.05, 4.69) is 45.2 Å². The standard InChI is InChI=1S/C20H21N3O/c1-24-16-10-8-15(9-11-16)17-6-5-7-18-19(17)20(22-14-21-18)23-12-3-2-4-13-23/h5-11,14H,2-4,12-13H2,1H3. The molecule has 4 rings (SSSR count). The zero-order valence-electron chi connectivity index (χ0n) is 13.9. The minimum Gasteiger partial charge on any atom is -0.497 e. The number of aromatic nitrogens is 2. The van der Waals surface area contributed by atoms with E-state index in [0.29, 0.717) is 0 Å². The van der Waals surface area contributed by atoms with Gasteiger partial charge in [0.1, 0.15) is 17.9 Å². The molecule has 0 unspecified atom stereocenters. The summed E-state index contributed by atoms with van der Waals surface area (Å²) in [6, 6.07) is 14.5. The topological polar surface area (TPSA) is 38.3 Å². The van der Waals surface area contributed by atoms with E-state index >= 15 is 0 Å². The molecule has 0 spiro atoms. The Hall–Kier alpha value is -2.62. The number of anilines is 1. The fraction of sp³-hybridized carbons (Fsp3) is 0.300. The van der Waals surface area contributed by atoms with Gasteiger partial charge in [0.2, 0.25) is 0 Å². The minimum absolute atomic E-state index is 0.867. The highest BCUT2D eigenvalue weighted by atomic mass is 16.5. The van der Waals surface area contributed by atoms with Crippen molar-refractivity contribution in [1.29, 1.82) is 0 Å². The van der Waals surface area contributed by atoms with Crippen LogP contribution in [0.3, 0.4) is 0 Å². The molecule has 4 heteroatoms. The van der Waals surface area contributed by atoms with Gasteiger partial charge in [-0.05, 0) is 48.6 Å². The van der Waals surface area contributed by atoms with Gasteiger partial charge in [0, 0.05) is 13.1 Å². The van der Waals surface area contributed by atoms with Crippen molar-refractivity contribution in [3.8, 4) is 16.9 Å². The summed E-state index contributed by atoms with van der Waals surface area (Å²) < 4.78 is 5.28. The fourth-order valence-electron chi connectivity index (χ4n) is 3.45. The zero-order chi connectivity index (χ0) is 16.4. The van der Waals surface area contributed by atoms with Crippen molar-refractivity contribution >= 4 is 16.7 Å². The Morgan fingerprint density at radius 1 is 0.917 bits per heavy atom. The smallest absolute Gasteiger partial charge is 0.140 e. The maximum atomic E-state index is 5.28. The molecule has 0 aliphatic carbocycles. The van der Waals surface area contributed by atoms with Crippen LogP contribution in [0.15, 0.2) is 48.8 Å². The molecule has 1 saturated heterocycles. The second-order valence-corrected chi connectivity index (χ2v) is 6.17. The molecule has 2 heterocycles. The van der Waals surface area contributed by atoms with Gasteiger partial charge in [0.05, 0.1) is 18.0 Å². The zero-order valence-corrected chi connectivity index (χ0v) is 13.9. The van der Waals surface area contributed by atoms with E-state index in [-0.39, 0.29) is 0 Å². The Bertz CT molecular complexity index is 834. The Balaban J connectivity index is 1.88. The van der Waals surface area contributed by atoms with Gasteiger partial charge in [-0.2, -0.15) is 0 Å². The van der Waals surface area contributed by atoms with Crippen LogP contribution in [0.2, 0.25) is 0 Å². The molecule has 2 aromatic carbocycles. The summed E-state index contributed by atoms with van der Waals surface area (Å²) >= 11 is 0. The summed E-state index contributed by atoms with van der Waals surface area (Å²) in [5.74, 6) is 1.93. The highest BCUT2D eigenvalue weighted by Gasteiger charge is 2.18. The van der Waals surface area contributed by atoms with Crippen LogP contribution in [-0.2, 0) is 0 Å². The average Bonchev–Trinajstić information content (AvgIpc) is 2.68. The van der Waals surface area contributed by atoms with Gasteiger partial charge in [0.25, 0.3) is 0 Å². The number of benzene rings is 2. The lowest BCUT2D eigenvalue weighted by molar-refractivity contribution is 0.415. The number of hydrogen-bond donors (Lipinski definition) is 0. The van der Waals surface area contributed by atoms with Crippen LogP contribution in [0.25, 0.3) is 22.0 Å². The predicted octanol–water partition coefficient (Wildman–Crippen LogP) is 4.30. The molecule has 1 fully saturated rings. The first-order valence-corrected chi connectivity index (χ1v) is 8.50. The van der Waals surface area contributed by atoms with Crippen molar-refractivity contribution < 1.29 is 4.74 Å². The van der Waals surface area contributed by atoms with Crippen molar-refractivity contribution in [3.63, 3.8) is 0 Å². The van der Waals surface area contributed by atoms with Crippen molar-refractivity contribution in [2.24, 2.45) is 0 Å². The third kappa shape index (κ3) is 2.68. The number of rotatable bonds is 3. The quantitative estimate of drug-likeness (QED) is 0.721. The lowest BCUT2D eigenvalue weighted by Crippen LogP contribution is -2.30. The number of ether oxygens (including phenoxy) is 1. The van der Waals surface area contributed by atoms with E-state index < -0.39 is 0 Å². The maximum absolute atomic E-state index is 5.28. The van der Waals surface area contributed by atoms with E-state index in [9.17, 15) is 0 Å². The summed E-state index contributed by atoms with van der Waals surface area (Å²) in [7, 11) is 1.69. The summed E-state index contributed by atoms with van der Waals surface area (Å²) in [5.41, 5.74) is 3.34. The monoisotopic (exact) mass is 319 g/mol. The van der Waals surface area contributed by atoms with Gasteiger partial charge in [0.15, 0.2) is 0 Å². The number of methoxy groups -OCH3 is 1. The number of nitrogens with zero attached hydrogens (tertiary/aromatic N) is 3. The summed E-state index contributed by atoms with van der Waals surface area (Å²) in [6.07, 6.45) is 5.46. The van der Waals surface area contributed by atoms with Crippen molar-refractivity contribution in [1.82, 2.24) is 9.97 Å². The van der Waals surface area contributed by atoms with Crippen LogP contribution in [0, 0.1) is 0 Å². The molecule has 0 N–H and O–H groups in total. The van der Waals surface area contributed by atoms with Gasteiger partial charge in [-0.25, -0.2) is 9.97 Å². The third-order valence-electron chi connectivity index (χ3n) is 4.70. The van der Waals surface area contributed by atoms with Crippen molar-refractivity contribution in [2.45, 2.75) is 19.3 Å². The summed E-state index contributed by atoms with van der Waals surface area (Å²) in [4.78, 5) is 11.5. The second-order valence-electron chi connectivity index (χ2n) is 6.17. The molecular formula is C20H21N3O. The van der Waals surface area contributed by atoms with E-state index in [4.69, 9.17) is 4.74 Å². The van der Waals surface area contributed by atoms with Gasteiger partial charge in [-0.3, -0.25) is 0 Å². The molecule has 122 valence electrons. The third-order valence-corrected chi connectivity index (χ3v) is 4.70. The van der Waals surface area contributed by atoms with E-state index in [1.54, 1.807) is 13.4 Å². The first kappa shape index (κ1) is 14.9. The highest BCUT2D eigenvalue weighted by Crippen LogP contribution is 2.35. The van der Waals surface area contributed by atoms with Crippen LogP contribution in [-0.4, -0.2) is 30.2 Å². The van der Waals surface area contributed by atoms with Crippen molar-refractivity contribution in [3.05, 3.63) is 48.8 Å². The molecule has 1 aliphatic heterocycles. The molecule has 0 saturated carbocycles. The molecule has 0 atom stereocenters. The van der Waals surface area contributed by atoms with Crippen LogP contribution in [0.1, 0.15) is 19.3 Å². The lowest BCUT2D eigenvalue weighted by atomic mass is 10.00. The molecule has 24 heavy (non-hydrogen) atoms. The van der Waals surface area contributed by atoms with E-state index in [1.165, 1.54) is 24.8 Å². The Morgan fingerprint density at radius 3 is 2.46 bits per heavy atom. The average molecular weight is 319 g/mol. The summed E-state index contributed by atoms with van der Waals surface area (Å²) in [5, 5.41) is 1.15. The summed E-state index contributed by atoms with van der Waals surface area (Å²) in [6.45, 7) is 2.14. The fourth-order valence-corrected chi connectivity index (χ4v) is 3.45. The lowest BCUT2D eigenvalue weighted by Gasteiger charge is -2.29. The Kier molecular flexibility index (Phi) is 4.03. The molecule has 1 aromatic heterocycles. The molecule has 3 aromatic rings. The maximum Gasteiger partial charge on any atom is 0.140 e. The molecule has 0 bridgehead atoms. The van der Waals surface area contributed by atoms with Crippen LogP contribution < -0.4 is 9.64 Å². The Morgan fingerprint density at radius 2 is 1.71 bits per heavy atom. The largest absolute Gasteiger partial charge is 0.497 e. The SMILES string of the molecule is COc1ccc(-c2cccc3ncnc(N4CCCCC4)c23)cc1. The van der Waals surface area contributed by atoms with Gasteiger partial charge in [-0.15, -0.1) is 0 Å². The molecule has 0 radical (unpaired) electrons. The molecule has 0 amide bonds. The van der Waals surface area contributed by atoms with Crippen LogP contribution in [0.5, 0.6) is 5.75 Å². The number of hydrogen-bond acceptors (Lipinski definition) is 4. The molecule has 4 nitrogen and oxygen atoms in total. The number of piperidine rings is 1. The molecular weight excluding hydrogens is 298 g/mol. The first-order chi connectivity index (χ1) is 11.9.